The Morgan fingerprint density at radius 2 is 1.96 bits per heavy atom. The Labute approximate surface area is 145 Å². The third kappa shape index (κ3) is 3.02. The second-order valence-electron chi connectivity index (χ2n) is 6.90. The minimum absolute atomic E-state index is 0.0134. The van der Waals surface area contributed by atoms with Crippen LogP contribution in [0.1, 0.15) is 36.3 Å². The lowest BCUT2D eigenvalue weighted by molar-refractivity contribution is -0.126. The highest BCUT2D eigenvalue weighted by molar-refractivity contribution is 6.01. The normalized spacial score (nSPS) is 20.4. The third-order valence-corrected chi connectivity index (χ3v) is 5.21. The van der Waals surface area contributed by atoms with Gasteiger partial charge in [-0.05, 0) is 36.1 Å². The molecule has 0 spiro atoms. The Bertz CT molecular complexity index is 831. The van der Waals surface area contributed by atoms with E-state index in [9.17, 15) is 14.0 Å². The van der Waals surface area contributed by atoms with Crippen LogP contribution in [0.3, 0.4) is 0 Å². The molecule has 2 N–H and O–H groups in total. The van der Waals surface area contributed by atoms with Crippen molar-refractivity contribution in [2.75, 3.05) is 11.9 Å². The number of anilines is 1. The number of fused-ring (bicyclic) bond motifs is 1. The smallest absolute Gasteiger partial charge is 0.228 e. The number of halogens is 1. The Kier molecular flexibility index (Phi) is 3.79. The van der Waals surface area contributed by atoms with Crippen LogP contribution in [-0.2, 0) is 15.0 Å². The number of carbonyl (C=O) groups is 2. The van der Waals surface area contributed by atoms with Crippen molar-refractivity contribution in [3.63, 3.8) is 0 Å². The van der Waals surface area contributed by atoms with Gasteiger partial charge in [0.1, 0.15) is 5.82 Å². The summed E-state index contributed by atoms with van der Waals surface area (Å²) in [6.07, 6.45) is 2.18. The summed E-state index contributed by atoms with van der Waals surface area (Å²) in [7, 11) is 0. The van der Waals surface area contributed by atoms with Gasteiger partial charge in [0.2, 0.25) is 11.8 Å². The molecule has 0 saturated heterocycles. The van der Waals surface area contributed by atoms with E-state index in [0.29, 0.717) is 17.8 Å². The maximum atomic E-state index is 13.4. The van der Waals surface area contributed by atoms with E-state index in [1.54, 1.807) is 6.07 Å². The summed E-state index contributed by atoms with van der Waals surface area (Å²) < 4.78 is 13.4. The molecule has 2 aliphatic rings. The Morgan fingerprint density at radius 3 is 2.68 bits per heavy atom. The van der Waals surface area contributed by atoms with Gasteiger partial charge in [-0.3, -0.25) is 9.59 Å². The van der Waals surface area contributed by atoms with Crippen molar-refractivity contribution in [1.29, 1.82) is 0 Å². The van der Waals surface area contributed by atoms with Crippen LogP contribution in [0.4, 0.5) is 10.1 Å². The summed E-state index contributed by atoms with van der Waals surface area (Å²) in [5.41, 5.74) is 2.31. The van der Waals surface area contributed by atoms with Crippen LogP contribution in [0, 0.1) is 5.82 Å². The van der Waals surface area contributed by atoms with Gasteiger partial charge in [-0.15, -0.1) is 0 Å². The molecule has 2 aromatic rings. The van der Waals surface area contributed by atoms with Gasteiger partial charge >= 0.3 is 0 Å². The number of carbonyl (C=O) groups excluding carboxylic acids is 2. The summed E-state index contributed by atoms with van der Waals surface area (Å²) >= 11 is 0. The van der Waals surface area contributed by atoms with Gasteiger partial charge < -0.3 is 10.6 Å². The fraction of sp³-hybridized carbons (Fsp3) is 0.300. The Morgan fingerprint density at radius 1 is 1.20 bits per heavy atom. The van der Waals surface area contributed by atoms with Gasteiger partial charge in [0.15, 0.2) is 0 Å². The molecule has 1 aliphatic carbocycles. The van der Waals surface area contributed by atoms with Gasteiger partial charge in [0.25, 0.3) is 0 Å². The lowest BCUT2D eigenvalue weighted by atomic mass is 9.89. The van der Waals surface area contributed by atoms with Crippen LogP contribution in [0.2, 0.25) is 0 Å². The molecule has 2 amide bonds. The van der Waals surface area contributed by atoms with E-state index in [0.717, 1.165) is 12.8 Å². The highest BCUT2D eigenvalue weighted by Crippen LogP contribution is 2.47. The predicted molar refractivity (Wildman–Crippen MR) is 92.8 cm³/mol. The molecule has 4 nitrogen and oxygen atoms in total. The number of amides is 2. The first-order valence-corrected chi connectivity index (χ1v) is 8.50. The highest BCUT2D eigenvalue weighted by atomic mass is 19.1. The van der Waals surface area contributed by atoms with E-state index >= 15 is 0 Å². The van der Waals surface area contributed by atoms with Crippen molar-refractivity contribution in [2.45, 2.75) is 30.6 Å². The van der Waals surface area contributed by atoms with Gasteiger partial charge in [-0.1, -0.05) is 36.4 Å². The van der Waals surface area contributed by atoms with Crippen molar-refractivity contribution < 1.29 is 14.0 Å². The van der Waals surface area contributed by atoms with Crippen LogP contribution in [0.15, 0.2) is 48.5 Å². The van der Waals surface area contributed by atoms with E-state index in [2.05, 4.69) is 22.8 Å². The standard InChI is InChI=1S/C20H19FN2O2/c21-14-6-7-15-16(11-18(24)23-17(15)10-14)19(25)22-12-20(8-9-20)13-4-2-1-3-5-13/h1-7,10,16H,8-9,11-12H2,(H,22,25)(H,23,24)/t16-/m0/s1. The SMILES string of the molecule is O=C1C[C@H](C(=O)NCC2(c3ccccc3)CC2)c2ccc(F)cc2N1. The van der Waals surface area contributed by atoms with Gasteiger partial charge in [-0.2, -0.15) is 0 Å². The maximum absolute atomic E-state index is 13.4. The van der Waals surface area contributed by atoms with Crippen molar-refractivity contribution in [3.05, 3.63) is 65.5 Å². The second kappa shape index (κ2) is 5.99. The summed E-state index contributed by atoms with van der Waals surface area (Å²) in [4.78, 5) is 24.6. The summed E-state index contributed by atoms with van der Waals surface area (Å²) in [5.74, 6) is -1.44. The van der Waals surface area contributed by atoms with Gasteiger partial charge in [-0.25, -0.2) is 4.39 Å². The zero-order valence-electron chi connectivity index (χ0n) is 13.7. The van der Waals surface area contributed by atoms with Crippen molar-refractivity contribution >= 4 is 17.5 Å². The molecular formula is C20H19FN2O2. The molecule has 4 rings (SSSR count). The molecule has 1 heterocycles. The number of hydrogen-bond acceptors (Lipinski definition) is 2. The predicted octanol–water partition coefficient (Wildman–Crippen LogP) is 3.10. The zero-order chi connectivity index (χ0) is 17.4. The molecule has 0 radical (unpaired) electrons. The molecule has 1 aliphatic heterocycles. The number of nitrogens with one attached hydrogen (secondary N) is 2. The highest BCUT2D eigenvalue weighted by Gasteiger charge is 2.44. The van der Waals surface area contributed by atoms with Crippen LogP contribution >= 0.6 is 0 Å². The number of hydrogen-bond donors (Lipinski definition) is 2. The molecule has 0 unspecified atom stereocenters. The quantitative estimate of drug-likeness (QED) is 0.900. The van der Waals surface area contributed by atoms with Crippen LogP contribution in [0.5, 0.6) is 0 Å². The van der Waals surface area contributed by atoms with E-state index < -0.39 is 11.7 Å². The summed E-state index contributed by atoms with van der Waals surface area (Å²) in [6, 6.07) is 14.3. The first-order chi connectivity index (χ1) is 12.1. The zero-order valence-corrected chi connectivity index (χ0v) is 13.7. The monoisotopic (exact) mass is 338 g/mol. The minimum atomic E-state index is -0.573. The fourth-order valence-electron chi connectivity index (χ4n) is 3.56. The van der Waals surface area contributed by atoms with E-state index in [1.165, 1.54) is 17.7 Å². The van der Waals surface area contributed by atoms with Crippen LogP contribution in [-0.4, -0.2) is 18.4 Å². The van der Waals surface area contributed by atoms with Crippen LogP contribution < -0.4 is 10.6 Å². The van der Waals surface area contributed by atoms with Crippen molar-refractivity contribution in [2.24, 2.45) is 0 Å². The molecule has 5 heteroatoms. The van der Waals surface area contributed by atoms with Crippen molar-refractivity contribution in [1.82, 2.24) is 5.32 Å². The fourth-order valence-corrected chi connectivity index (χ4v) is 3.56. The molecule has 0 aromatic heterocycles. The van der Waals surface area contributed by atoms with Gasteiger partial charge in [0, 0.05) is 24.1 Å². The van der Waals surface area contributed by atoms with Gasteiger partial charge in [0.05, 0.1) is 5.92 Å². The molecular weight excluding hydrogens is 319 g/mol. The molecule has 0 bridgehead atoms. The molecule has 1 atom stereocenters. The summed E-state index contributed by atoms with van der Waals surface area (Å²) in [5, 5.41) is 5.65. The molecule has 1 saturated carbocycles. The van der Waals surface area contributed by atoms with E-state index in [4.69, 9.17) is 0 Å². The third-order valence-electron chi connectivity index (χ3n) is 5.21. The first-order valence-electron chi connectivity index (χ1n) is 8.50. The second-order valence-corrected chi connectivity index (χ2v) is 6.90. The maximum Gasteiger partial charge on any atom is 0.228 e. The average molecular weight is 338 g/mol. The Balaban J connectivity index is 1.50. The van der Waals surface area contributed by atoms with Crippen LogP contribution in [0.25, 0.3) is 0 Å². The largest absolute Gasteiger partial charge is 0.355 e. The average Bonchev–Trinajstić information content (AvgIpc) is 3.40. The van der Waals surface area contributed by atoms with E-state index in [1.807, 2.05) is 18.2 Å². The van der Waals surface area contributed by atoms with E-state index in [-0.39, 0.29) is 23.7 Å². The summed E-state index contributed by atoms with van der Waals surface area (Å²) in [6.45, 7) is 0.560. The first kappa shape index (κ1) is 15.8. The Hall–Kier alpha value is -2.69. The molecule has 25 heavy (non-hydrogen) atoms. The molecule has 2 aromatic carbocycles. The number of benzene rings is 2. The minimum Gasteiger partial charge on any atom is -0.355 e. The molecule has 128 valence electrons. The number of rotatable bonds is 4. The molecule has 1 fully saturated rings. The lowest BCUT2D eigenvalue weighted by Crippen LogP contribution is -2.38. The topological polar surface area (TPSA) is 58.2 Å². The lowest BCUT2D eigenvalue weighted by Gasteiger charge is -2.26. The van der Waals surface area contributed by atoms with Crippen molar-refractivity contribution in [3.8, 4) is 0 Å².